The number of nitrogens with one attached hydrogen (secondary N) is 1. The molecule has 3 heterocycles. The van der Waals surface area contributed by atoms with Crippen molar-refractivity contribution in [3.8, 4) is 22.8 Å². The number of halogens is 1. The van der Waals surface area contributed by atoms with Crippen molar-refractivity contribution in [2.75, 3.05) is 13.7 Å². The second-order valence-electron chi connectivity index (χ2n) is 10.0. The van der Waals surface area contributed by atoms with E-state index in [4.69, 9.17) is 15.2 Å². The standard InChI is InChI=1S/C29H28FN3O5/c1-28(27(31)35)15-38-26-19(28)14-24(33-25(26)16-7-9-17(30)10-8-16)29(2,36)12-11-22(34)21-13-18-20(32-21)5-4-6-23(18)37-3/h4-10,13-14,32,36H,11-12,15H2,1-3H3,(H2,31,35)/t28-,29-/m0/s1. The summed E-state index contributed by atoms with van der Waals surface area (Å²) in [4.78, 5) is 33.2. The zero-order chi connectivity index (χ0) is 27.2. The summed E-state index contributed by atoms with van der Waals surface area (Å²) < 4.78 is 24.8. The molecule has 2 aromatic heterocycles. The van der Waals surface area contributed by atoms with Crippen LogP contribution in [0.2, 0.25) is 0 Å². The molecule has 1 amide bonds. The largest absolute Gasteiger partial charge is 0.496 e. The first-order chi connectivity index (χ1) is 18.0. The molecule has 0 saturated carbocycles. The lowest BCUT2D eigenvalue weighted by molar-refractivity contribution is -0.123. The summed E-state index contributed by atoms with van der Waals surface area (Å²) in [5.41, 5.74) is 5.87. The highest BCUT2D eigenvalue weighted by molar-refractivity contribution is 6.00. The summed E-state index contributed by atoms with van der Waals surface area (Å²) in [7, 11) is 1.57. The topological polar surface area (TPSA) is 128 Å². The normalized spacial score (nSPS) is 18.0. The lowest BCUT2D eigenvalue weighted by Gasteiger charge is -2.25. The highest BCUT2D eigenvalue weighted by Gasteiger charge is 2.45. The Hall–Kier alpha value is -4.24. The van der Waals surface area contributed by atoms with Gasteiger partial charge in [-0.3, -0.25) is 9.59 Å². The van der Waals surface area contributed by atoms with Gasteiger partial charge in [-0.15, -0.1) is 0 Å². The van der Waals surface area contributed by atoms with Crippen LogP contribution in [0.1, 0.15) is 48.4 Å². The molecule has 0 aliphatic carbocycles. The average Bonchev–Trinajstić information content (AvgIpc) is 3.49. The van der Waals surface area contributed by atoms with E-state index in [0.29, 0.717) is 34.0 Å². The van der Waals surface area contributed by atoms with Crippen LogP contribution in [0.15, 0.2) is 54.6 Å². The summed E-state index contributed by atoms with van der Waals surface area (Å²) in [6.07, 6.45) is 0.0808. The number of pyridine rings is 1. The zero-order valence-corrected chi connectivity index (χ0v) is 21.3. The molecule has 2 atom stereocenters. The molecule has 196 valence electrons. The van der Waals surface area contributed by atoms with Crippen molar-refractivity contribution < 1.29 is 28.6 Å². The highest BCUT2D eigenvalue weighted by atomic mass is 19.1. The van der Waals surface area contributed by atoms with E-state index >= 15 is 0 Å². The Kier molecular flexibility index (Phi) is 6.19. The van der Waals surface area contributed by atoms with Crippen molar-refractivity contribution in [1.82, 2.24) is 9.97 Å². The van der Waals surface area contributed by atoms with Gasteiger partial charge in [0.2, 0.25) is 5.91 Å². The van der Waals surface area contributed by atoms with Crippen LogP contribution in [0.25, 0.3) is 22.2 Å². The lowest BCUT2D eigenvalue weighted by Crippen LogP contribution is -2.40. The van der Waals surface area contributed by atoms with Crippen molar-refractivity contribution >= 4 is 22.6 Å². The minimum absolute atomic E-state index is 0.0153. The van der Waals surface area contributed by atoms with Crippen molar-refractivity contribution in [2.45, 2.75) is 37.7 Å². The molecule has 1 aliphatic heterocycles. The zero-order valence-electron chi connectivity index (χ0n) is 21.3. The van der Waals surface area contributed by atoms with Crippen molar-refractivity contribution in [3.05, 3.63) is 77.4 Å². The second-order valence-corrected chi connectivity index (χ2v) is 10.0. The van der Waals surface area contributed by atoms with Gasteiger partial charge in [-0.05, 0) is 68.8 Å². The summed E-state index contributed by atoms with van der Waals surface area (Å²) in [5.74, 6) is -0.165. The number of hydrogen-bond donors (Lipinski definition) is 3. The number of carbonyl (C=O) groups is 2. The molecule has 4 N–H and O–H groups in total. The van der Waals surface area contributed by atoms with Crippen LogP contribution in [-0.2, 0) is 15.8 Å². The fourth-order valence-electron chi connectivity index (χ4n) is 4.74. The number of nitrogens with zero attached hydrogens (tertiary/aromatic N) is 1. The predicted molar refractivity (Wildman–Crippen MR) is 140 cm³/mol. The Balaban J connectivity index is 1.48. The number of H-pyrrole nitrogens is 1. The number of benzene rings is 2. The monoisotopic (exact) mass is 517 g/mol. The van der Waals surface area contributed by atoms with Gasteiger partial charge in [0.15, 0.2) is 5.78 Å². The van der Waals surface area contributed by atoms with Gasteiger partial charge < -0.3 is 25.3 Å². The number of aromatic amines is 1. The van der Waals surface area contributed by atoms with Crippen LogP contribution >= 0.6 is 0 Å². The molecule has 4 aromatic rings. The third-order valence-corrected chi connectivity index (χ3v) is 7.27. The summed E-state index contributed by atoms with van der Waals surface area (Å²) in [5, 5.41) is 12.3. The molecule has 1 aliphatic rings. The van der Waals surface area contributed by atoms with E-state index in [9.17, 15) is 19.1 Å². The van der Waals surface area contributed by atoms with Gasteiger partial charge >= 0.3 is 0 Å². The fourth-order valence-corrected chi connectivity index (χ4v) is 4.74. The van der Waals surface area contributed by atoms with Gasteiger partial charge in [-0.25, -0.2) is 9.37 Å². The summed E-state index contributed by atoms with van der Waals surface area (Å²) in [6, 6.07) is 14.5. The number of amides is 1. The number of ether oxygens (including phenoxy) is 2. The summed E-state index contributed by atoms with van der Waals surface area (Å²) in [6.45, 7) is 3.25. The number of methoxy groups -OCH3 is 1. The maximum absolute atomic E-state index is 13.6. The molecule has 2 aromatic carbocycles. The number of fused-ring (bicyclic) bond motifs is 2. The number of primary amides is 1. The molecule has 0 unspecified atom stereocenters. The number of nitrogens with two attached hydrogens (primary N) is 1. The van der Waals surface area contributed by atoms with Gasteiger partial charge in [0.05, 0.1) is 18.5 Å². The highest BCUT2D eigenvalue weighted by Crippen LogP contribution is 2.46. The smallest absolute Gasteiger partial charge is 0.231 e. The summed E-state index contributed by atoms with van der Waals surface area (Å²) >= 11 is 0. The number of carbonyl (C=O) groups excluding carboxylic acids is 2. The molecule has 0 radical (unpaired) electrons. The first kappa shape index (κ1) is 25.4. The average molecular weight is 518 g/mol. The van der Waals surface area contributed by atoms with E-state index in [-0.39, 0.29) is 30.9 Å². The van der Waals surface area contributed by atoms with E-state index in [1.54, 1.807) is 45.2 Å². The molecule has 38 heavy (non-hydrogen) atoms. The first-order valence-electron chi connectivity index (χ1n) is 12.2. The number of rotatable bonds is 8. The number of aliphatic hydroxyl groups is 1. The first-order valence-corrected chi connectivity index (χ1v) is 12.2. The van der Waals surface area contributed by atoms with Crippen LogP contribution in [0.3, 0.4) is 0 Å². The molecule has 5 rings (SSSR count). The number of Topliss-reactive ketones (excluding diaryl/α,β-unsaturated/α-hetero) is 1. The van der Waals surface area contributed by atoms with Crippen molar-refractivity contribution in [3.63, 3.8) is 0 Å². The molecule has 0 fully saturated rings. The number of ketones is 1. The van der Waals surface area contributed by atoms with Gasteiger partial charge in [0.1, 0.15) is 40.6 Å². The molecule has 0 bridgehead atoms. The Labute approximate surface area is 218 Å². The Morgan fingerprint density at radius 2 is 1.97 bits per heavy atom. The fraction of sp³-hybridized carbons (Fsp3) is 0.276. The van der Waals surface area contributed by atoms with E-state index in [1.807, 2.05) is 18.2 Å². The van der Waals surface area contributed by atoms with Gasteiger partial charge in [0.25, 0.3) is 0 Å². The van der Waals surface area contributed by atoms with Crippen molar-refractivity contribution in [2.24, 2.45) is 5.73 Å². The molecular weight excluding hydrogens is 489 g/mol. The Morgan fingerprint density at radius 3 is 2.66 bits per heavy atom. The quantitative estimate of drug-likeness (QED) is 0.298. The molecule has 9 heteroatoms. The van der Waals surface area contributed by atoms with Gasteiger partial charge in [-0.1, -0.05) is 6.07 Å². The van der Waals surface area contributed by atoms with Crippen LogP contribution in [0, 0.1) is 5.82 Å². The third-order valence-electron chi connectivity index (χ3n) is 7.27. The van der Waals surface area contributed by atoms with Crippen LogP contribution in [0.5, 0.6) is 11.5 Å². The number of aromatic nitrogens is 2. The maximum atomic E-state index is 13.6. The molecule has 0 spiro atoms. The minimum Gasteiger partial charge on any atom is -0.496 e. The van der Waals surface area contributed by atoms with Crippen LogP contribution < -0.4 is 15.2 Å². The van der Waals surface area contributed by atoms with Gasteiger partial charge in [-0.2, -0.15) is 0 Å². The predicted octanol–water partition coefficient (Wildman–Crippen LogP) is 4.38. The lowest BCUT2D eigenvalue weighted by atomic mass is 9.81. The molecule has 8 nitrogen and oxygen atoms in total. The van der Waals surface area contributed by atoms with Crippen LogP contribution in [-0.4, -0.2) is 40.5 Å². The van der Waals surface area contributed by atoms with Gasteiger partial charge in [0, 0.05) is 28.5 Å². The number of hydrogen-bond acceptors (Lipinski definition) is 6. The van der Waals surface area contributed by atoms with E-state index in [0.717, 1.165) is 10.9 Å². The maximum Gasteiger partial charge on any atom is 0.231 e. The Bertz CT molecular complexity index is 1560. The second kappa shape index (κ2) is 9.25. The van der Waals surface area contributed by atoms with E-state index in [2.05, 4.69) is 9.97 Å². The molecule has 0 saturated heterocycles. The minimum atomic E-state index is -1.54. The van der Waals surface area contributed by atoms with Crippen molar-refractivity contribution in [1.29, 1.82) is 0 Å². The third kappa shape index (κ3) is 4.28. The van der Waals surface area contributed by atoms with Crippen LogP contribution in [0.4, 0.5) is 4.39 Å². The van der Waals surface area contributed by atoms with E-state index in [1.165, 1.54) is 12.1 Å². The van der Waals surface area contributed by atoms with E-state index < -0.39 is 22.7 Å². The Morgan fingerprint density at radius 1 is 1.24 bits per heavy atom. The molecular formula is C29H28FN3O5. The SMILES string of the molecule is COc1cccc2[nH]c(C(=O)CC[C@](C)(O)c3cc4c(c(-c5ccc(F)cc5)n3)OC[C@]4(C)C(N)=O)cc12.